The first-order valence-electron chi connectivity index (χ1n) is 7.72. The maximum Gasteiger partial charge on any atom is 0.238 e. The third-order valence-corrected chi connectivity index (χ3v) is 4.14. The summed E-state index contributed by atoms with van der Waals surface area (Å²) in [5.41, 5.74) is 0.878. The second-order valence-corrected chi connectivity index (χ2v) is 6.09. The van der Waals surface area contributed by atoms with E-state index in [2.05, 4.69) is 29.3 Å². The summed E-state index contributed by atoms with van der Waals surface area (Å²) in [6.07, 6.45) is 2.48. The zero-order valence-electron chi connectivity index (χ0n) is 12.5. The van der Waals surface area contributed by atoms with Crippen LogP contribution in [0.5, 0.6) is 0 Å². The highest BCUT2D eigenvalue weighted by Crippen LogP contribution is 2.19. The van der Waals surface area contributed by atoms with Crippen LogP contribution in [0.25, 0.3) is 10.8 Å². The molecule has 1 saturated heterocycles. The molecule has 0 spiro atoms. The number of anilines is 1. The summed E-state index contributed by atoms with van der Waals surface area (Å²) in [5.74, 6) is 0.784. The van der Waals surface area contributed by atoms with Crippen molar-refractivity contribution >= 4 is 22.4 Å². The third kappa shape index (κ3) is 3.61. The maximum atomic E-state index is 12.2. The van der Waals surface area contributed by atoms with Gasteiger partial charge in [-0.05, 0) is 48.2 Å². The van der Waals surface area contributed by atoms with Gasteiger partial charge >= 0.3 is 0 Å². The van der Waals surface area contributed by atoms with Gasteiger partial charge in [-0.25, -0.2) is 0 Å². The van der Waals surface area contributed by atoms with E-state index < -0.39 is 0 Å². The molecule has 1 fully saturated rings. The van der Waals surface area contributed by atoms with Gasteiger partial charge < -0.3 is 5.32 Å². The van der Waals surface area contributed by atoms with Crippen molar-refractivity contribution in [2.75, 3.05) is 25.0 Å². The molecule has 1 aliphatic rings. The van der Waals surface area contributed by atoms with Crippen molar-refractivity contribution in [1.82, 2.24) is 4.90 Å². The van der Waals surface area contributed by atoms with Crippen molar-refractivity contribution in [2.45, 2.75) is 19.8 Å². The van der Waals surface area contributed by atoms with Crippen LogP contribution in [-0.4, -0.2) is 30.4 Å². The number of carbonyl (C=O) groups excluding carboxylic acids is 1. The molecule has 0 aliphatic carbocycles. The molecular formula is C18H22N2O. The Hall–Kier alpha value is -1.87. The third-order valence-electron chi connectivity index (χ3n) is 4.14. The maximum absolute atomic E-state index is 12.2. The van der Waals surface area contributed by atoms with Crippen molar-refractivity contribution in [2.24, 2.45) is 5.92 Å². The number of carbonyl (C=O) groups is 1. The number of hydrogen-bond donors (Lipinski definition) is 1. The fourth-order valence-corrected chi connectivity index (χ4v) is 3.10. The number of piperidine rings is 1. The first-order chi connectivity index (χ1) is 10.2. The molecule has 1 heterocycles. The number of fused-ring (bicyclic) bond motifs is 1. The zero-order chi connectivity index (χ0) is 14.7. The van der Waals surface area contributed by atoms with Crippen LogP contribution in [0.1, 0.15) is 19.8 Å². The molecule has 1 aliphatic heterocycles. The minimum atomic E-state index is 0.0828. The molecule has 0 saturated carbocycles. The van der Waals surface area contributed by atoms with Crippen LogP contribution in [0, 0.1) is 5.92 Å². The molecule has 1 amide bonds. The van der Waals surface area contributed by atoms with E-state index in [1.54, 1.807) is 0 Å². The molecule has 1 N–H and O–H groups in total. The van der Waals surface area contributed by atoms with Gasteiger partial charge in [0, 0.05) is 12.2 Å². The van der Waals surface area contributed by atoms with Crippen molar-refractivity contribution in [1.29, 1.82) is 0 Å². The van der Waals surface area contributed by atoms with Gasteiger partial charge in [-0.15, -0.1) is 0 Å². The summed E-state index contributed by atoms with van der Waals surface area (Å²) in [7, 11) is 0. The number of amides is 1. The fraction of sp³-hybridized carbons (Fsp3) is 0.389. The van der Waals surface area contributed by atoms with Crippen LogP contribution in [0.3, 0.4) is 0 Å². The molecule has 3 rings (SSSR count). The second-order valence-electron chi connectivity index (χ2n) is 6.09. The SMILES string of the molecule is C[C@H]1CCCN(CC(=O)Nc2ccc3ccccc3c2)C1. The topological polar surface area (TPSA) is 32.3 Å². The molecule has 0 unspecified atom stereocenters. The predicted molar refractivity (Wildman–Crippen MR) is 87.4 cm³/mol. The van der Waals surface area contributed by atoms with Crippen molar-refractivity contribution in [3.05, 3.63) is 42.5 Å². The molecule has 2 aromatic carbocycles. The van der Waals surface area contributed by atoms with E-state index in [4.69, 9.17) is 0 Å². The molecule has 0 radical (unpaired) electrons. The van der Waals surface area contributed by atoms with E-state index in [9.17, 15) is 4.79 Å². The van der Waals surface area contributed by atoms with Crippen molar-refractivity contribution in [3.8, 4) is 0 Å². The van der Waals surface area contributed by atoms with Crippen LogP contribution < -0.4 is 5.32 Å². The Morgan fingerprint density at radius 1 is 1.24 bits per heavy atom. The molecule has 3 nitrogen and oxygen atoms in total. The van der Waals surface area contributed by atoms with Crippen LogP contribution in [0.2, 0.25) is 0 Å². The van der Waals surface area contributed by atoms with E-state index in [0.29, 0.717) is 12.5 Å². The van der Waals surface area contributed by atoms with Gasteiger partial charge in [-0.1, -0.05) is 37.3 Å². The van der Waals surface area contributed by atoms with Crippen molar-refractivity contribution < 1.29 is 4.79 Å². The molecule has 0 bridgehead atoms. The Labute approximate surface area is 125 Å². The number of nitrogens with one attached hydrogen (secondary N) is 1. The normalized spacial score (nSPS) is 19.6. The minimum absolute atomic E-state index is 0.0828. The van der Waals surface area contributed by atoms with Gasteiger partial charge in [-0.2, -0.15) is 0 Å². The Bertz CT molecular complexity index is 638. The first kappa shape index (κ1) is 14.1. The smallest absolute Gasteiger partial charge is 0.238 e. The van der Waals surface area contributed by atoms with E-state index >= 15 is 0 Å². The molecule has 3 heteroatoms. The summed E-state index contributed by atoms with van der Waals surface area (Å²) >= 11 is 0. The van der Waals surface area contributed by atoms with Gasteiger partial charge in [0.15, 0.2) is 0 Å². The van der Waals surface area contributed by atoms with Gasteiger partial charge in [-0.3, -0.25) is 9.69 Å². The van der Waals surface area contributed by atoms with Crippen molar-refractivity contribution in [3.63, 3.8) is 0 Å². The number of hydrogen-bond acceptors (Lipinski definition) is 2. The van der Waals surface area contributed by atoms with E-state index in [-0.39, 0.29) is 5.91 Å². The number of nitrogens with zero attached hydrogens (tertiary/aromatic N) is 1. The minimum Gasteiger partial charge on any atom is -0.325 e. The van der Waals surface area contributed by atoms with E-state index in [1.165, 1.54) is 18.2 Å². The van der Waals surface area contributed by atoms with Gasteiger partial charge in [0.05, 0.1) is 6.54 Å². The lowest BCUT2D eigenvalue weighted by atomic mass is 10.0. The second kappa shape index (κ2) is 6.27. The fourth-order valence-electron chi connectivity index (χ4n) is 3.10. The number of benzene rings is 2. The van der Waals surface area contributed by atoms with E-state index in [1.807, 2.05) is 30.3 Å². The lowest BCUT2D eigenvalue weighted by molar-refractivity contribution is -0.117. The summed E-state index contributed by atoms with van der Waals surface area (Å²) < 4.78 is 0. The molecular weight excluding hydrogens is 260 g/mol. The average molecular weight is 282 g/mol. The summed E-state index contributed by atoms with van der Waals surface area (Å²) in [4.78, 5) is 14.4. The van der Waals surface area contributed by atoms with Crippen LogP contribution in [-0.2, 0) is 4.79 Å². The summed E-state index contributed by atoms with van der Waals surface area (Å²) in [5, 5.41) is 5.36. The van der Waals surface area contributed by atoms with Gasteiger partial charge in [0.2, 0.25) is 5.91 Å². The van der Waals surface area contributed by atoms with Gasteiger partial charge in [0.25, 0.3) is 0 Å². The lowest BCUT2D eigenvalue weighted by Crippen LogP contribution is -2.39. The monoisotopic (exact) mass is 282 g/mol. The van der Waals surface area contributed by atoms with Crippen LogP contribution in [0.15, 0.2) is 42.5 Å². The van der Waals surface area contributed by atoms with Gasteiger partial charge in [0.1, 0.15) is 0 Å². The largest absolute Gasteiger partial charge is 0.325 e. The zero-order valence-corrected chi connectivity index (χ0v) is 12.5. The highest BCUT2D eigenvalue weighted by atomic mass is 16.2. The molecule has 1 atom stereocenters. The Balaban J connectivity index is 1.63. The average Bonchev–Trinajstić information content (AvgIpc) is 2.47. The Kier molecular flexibility index (Phi) is 4.20. The summed E-state index contributed by atoms with van der Waals surface area (Å²) in [6.45, 7) is 4.82. The number of likely N-dealkylation sites (tertiary alicyclic amines) is 1. The molecule has 110 valence electrons. The van der Waals surface area contributed by atoms with Crippen LogP contribution in [0.4, 0.5) is 5.69 Å². The molecule has 21 heavy (non-hydrogen) atoms. The predicted octanol–water partition coefficient (Wildman–Crippen LogP) is 3.51. The first-order valence-corrected chi connectivity index (χ1v) is 7.72. The van der Waals surface area contributed by atoms with E-state index in [0.717, 1.165) is 24.2 Å². The quantitative estimate of drug-likeness (QED) is 0.934. The Morgan fingerprint density at radius 2 is 2.05 bits per heavy atom. The standard InChI is InChI=1S/C18H22N2O/c1-14-5-4-10-20(12-14)13-18(21)19-17-9-8-15-6-2-3-7-16(15)11-17/h2-3,6-9,11,14H,4-5,10,12-13H2,1H3,(H,19,21)/t14-/m0/s1. The number of rotatable bonds is 3. The molecule has 2 aromatic rings. The Morgan fingerprint density at radius 3 is 2.86 bits per heavy atom. The molecule has 0 aromatic heterocycles. The highest BCUT2D eigenvalue weighted by molar-refractivity contribution is 5.95. The van der Waals surface area contributed by atoms with Crippen LogP contribution >= 0.6 is 0 Å². The summed E-state index contributed by atoms with van der Waals surface area (Å²) in [6, 6.07) is 14.2. The highest BCUT2D eigenvalue weighted by Gasteiger charge is 2.18. The lowest BCUT2D eigenvalue weighted by Gasteiger charge is -2.30.